The van der Waals surface area contributed by atoms with E-state index in [1.807, 2.05) is 0 Å². The van der Waals surface area contributed by atoms with E-state index in [0.717, 1.165) is 0 Å². The van der Waals surface area contributed by atoms with Crippen LogP contribution in [0.3, 0.4) is 0 Å². The van der Waals surface area contributed by atoms with E-state index < -0.39 is 20.7 Å². The van der Waals surface area contributed by atoms with E-state index in [0.29, 0.717) is 0 Å². The highest BCUT2D eigenvalue weighted by atomic mass is 32.2. The number of nitro groups is 1. The van der Waals surface area contributed by atoms with Crippen molar-refractivity contribution in [3.05, 3.63) is 10.1 Å². The molecule has 0 heterocycles. The second-order valence-electron chi connectivity index (χ2n) is 1.09. The zero-order chi connectivity index (χ0) is 7.65. The Kier molecular flexibility index (Phi) is 2.04. The van der Waals surface area contributed by atoms with Crippen LogP contribution >= 0.6 is 0 Å². The van der Waals surface area contributed by atoms with Crippen LogP contribution in [0.2, 0.25) is 0 Å². The molecule has 0 aromatic rings. The summed E-state index contributed by atoms with van der Waals surface area (Å²) in [6.07, 6.45) is 0. The summed E-state index contributed by atoms with van der Waals surface area (Å²) in [7, 11) is -5.17. The van der Waals surface area contributed by atoms with E-state index in [9.17, 15) is 22.9 Å². The molecule has 0 aliphatic heterocycles. The van der Waals surface area contributed by atoms with Gasteiger partial charge in [-0.25, -0.2) is 0 Å². The Hall–Kier alpha value is -0.760. The van der Waals surface area contributed by atoms with Crippen LogP contribution in [0, 0.1) is 10.1 Å². The van der Waals surface area contributed by atoms with Crippen LogP contribution in [-0.2, 0) is 10.1 Å². The highest BCUT2D eigenvalue weighted by molar-refractivity contribution is 7.86. The second kappa shape index (κ2) is 2.23. The van der Waals surface area contributed by atoms with Gasteiger partial charge in [0.25, 0.3) is 0 Å². The summed E-state index contributed by atoms with van der Waals surface area (Å²) < 4.78 is 38.1. The molecule has 0 saturated heterocycles. The van der Waals surface area contributed by atoms with Crippen molar-refractivity contribution in [3.63, 3.8) is 0 Å². The van der Waals surface area contributed by atoms with Gasteiger partial charge in [0.05, 0.1) is 4.92 Å². The molecule has 0 aromatic heterocycles. The summed E-state index contributed by atoms with van der Waals surface area (Å²) in [5, 5.41) is 9.24. The van der Waals surface area contributed by atoms with Crippen molar-refractivity contribution in [2.45, 2.75) is 5.63 Å². The lowest BCUT2D eigenvalue weighted by Gasteiger charge is -1.92. The molecule has 54 valence electrons. The van der Waals surface area contributed by atoms with Gasteiger partial charge >= 0.3 is 15.7 Å². The van der Waals surface area contributed by atoms with Crippen LogP contribution in [0.1, 0.15) is 0 Å². The number of alkyl halides is 1. The van der Waals surface area contributed by atoms with Crippen molar-refractivity contribution in [1.29, 1.82) is 0 Å². The summed E-state index contributed by atoms with van der Waals surface area (Å²) in [5.74, 6) is 0. The summed E-state index contributed by atoms with van der Waals surface area (Å²) >= 11 is 0. The van der Waals surface area contributed by atoms with Crippen LogP contribution in [0.25, 0.3) is 0 Å². The van der Waals surface area contributed by atoms with Gasteiger partial charge in [-0.15, -0.1) is 0 Å². The molecule has 1 atom stereocenters. The van der Waals surface area contributed by atoms with Crippen molar-refractivity contribution in [3.8, 4) is 0 Å². The van der Waals surface area contributed by atoms with Crippen molar-refractivity contribution in [2.75, 3.05) is 0 Å². The molecule has 8 heteroatoms. The SMILES string of the molecule is O=[N+]([O-])C(F)S(=O)(=O)O. The van der Waals surface area contributed by atoms with Gasteiger partial charge in [0.2, 0.25) is 0 Å². The van der Waals surface area contributed by atoms with E-state index >= 15 is 0 Å². The molecule has 0 bridgehead atoms. The van der Waals surface area contributed by atoms with Gasteiger partial charge in [-0.3, -0.25) is 14.7 Å². The average Bonchev–Trinajstić information content (AvgIpc) is 1.62. The van der Waals surface area contributed by atoms with Crippen LogP contribution in [-0.4, -0.2) is 23.5 Å². The van der Waals surface area contributed by atoms with Crippen molar-refractivity contribution < 1.29 is 22.3 Å². The predicted octanol–water partition coefficient (Wildman–Crippen LogP) is -0.596. The summed E-state index contributed by atoms with van der Waals surface area (Å²) in [4.78, 5) is 7.48. The first-order chi connectivity index (χ1) is 3.85. The quantitative estimate of drug-likeness (QED) is 0.251. The number of halogens is 1. The third-order valence-corrected chi connectivity index (χ3v) is 1.08. The molecule has 0 fully saturated rings. The first-order valence-corrected chi connectivity index (χ1v) is 3.10. The molecule has 0 aliphatic rings. The fourth-order valence-electron chi connectivity index (χ4n) is 0.109. The second-order valence-corrected chi connectivity index (χ2v) is 2.51. The average molecular weight is 159 g/mol. The minimum Gasteiger partial charge on any atom is -0.278 e. The molecular formula is CH2FNO5S. The Morgan fingerprint density at radius 1 is 1.67 bits per heavy atom. The van der Waals surface area contributed by atoms with E-state index in [-0.39, 0.29) is 0 Å². The summed E-state index contributed by atoms with van der Waals surface area (Å²) in [6, 6.07) is 0. The molecule has 0 aliphatic carbocycles. The van der Waals surface area contributed by atoms with Gasteiger partial charge in [0.1, 0.15) is 0 Å². The lowest BCUT2D eigenvalue weighted by Crippen LogP contribution is -2.23. The molecule has 6 nitrogen and oxygen atoms in total. The Bertz CT molecular complexity index is 207. The summed E-state index contributed by atoms with van der Waals surface area (Å²) in [6.45, 7) is 0. The molecular weight excluding hydrogens is 157 g/mol. The normalized spacial score (nSPS) is 14.9. The highest BCUT2D eigenvalue weighted by Gasteiger charge is 2.33. The number of hydrogen-bond acceptors (Lipinski definition) is 4. The number of nitrogens with zero attached hydrogens (tertiary/aromatic N) is 1. The largest absolute Gasteiger partial charge is 0.473 e. The topological polar surface area (TPSA) is 97.5 Å². The molecule has 1 N–H and O–H groups in total. The summed E-state index contributed by atoms with van der Waals surface area (Å²) in [5.41, 5.74) is -3.43. The predicted molar refractivity (Wildman–Crippen MR) is 23.4 cm³/mol. The van der Waals surface area contributed by atoms with E-state index in [1.165, 1.54) is 0 Å². The van der Waals surface area contributed by atoms with E-state index in [2.05, 4.69) is 0 Å². The minimum atomic E-state index is -5.17. The Morgan fingerprint density at radius 3 is 2.00 bits per heavy atom. The van der Waals surface area contributed by atoms with Crippen molar-refractivity contribution >= 4 is 10.1 Å². The third kappa shape index (κ3) is 2.33. The smallest absolute Gasteiger partial charge is 0.278 e. The van der Waals surface area contributed by atoms with Crippen LogP contribution in [0.15, 0.2) is 0 Å². The fourth-order valence-corrected chi connectivity index (χ4v) is 0.326. The molecule has 9 heavy (non-hydrogen) atoms. The standard InChI is InChI=1S/CH2FNO5S/c2-1(3(4)5)9(6,7)8/h1H,(H,6,7,8). The van der Waals surface area contributed by atoms with Gasteiger partial charge in [-0.05, 0) is 0 Å². The van der Waals surface area contributed by atoms with Crippen LogP contribution in [0.5, 0.6) is 0 Å². The highest BCUT2D eigenvalue weighted by Crippen LogP contribution is 1.98. The minimum absolute atomic E-state index is 1.75. The number of rotatable bonds is 2. The van der Waals surface area contributed by atoms with Crippen molar-refractivity contribution in [2.24, 2.45) is 0 Å². The maximum Gasteiger partial charge on any atom is 0.473 e. The molecule has 0 spiro atoms. The van der Waals surface area contributed by atoms with Gasteiger partial charge in [0, 0.05) is 0 Å². The lowest BCUT2D eigenvalue weighted by atomic mass is 11.4. The van der Waals surface area contributed by atoms with E-state index in [1.54, 1.807) is 0 Å². The van der Waals surface area contributed by atoms with Crippen LogP contribution in [0.4, 0.5) is 4.39 Å². The maximum absolute atomic E-state index is 11.5. The monoisotopic (exact) mass is 159 g/mol. The zero-order valence-electron chi connectivity index (χ0n) is 3.89. The lowest BCUT2D eigenvalue weighted by molar-refractivity contribution is -0.526. The Balaban J connectivity index is 4.43. The molecule has 0 amide bonds. The zero-order valence-corrected chi connectivity index (χ0v) is 4.71. The molecule has 1 unspecified atom stereocenters. The first kappa shape index (κ1) is 8.24. The Labute approximate surface area is 49.2 Å². The maximum atomic E-state index is 11.5. The van der Waals surface area contributed by atoms with Gasteiger partial charge in [0.15, 0.2) is 0 Å². The van der Waals surface area contributed by atoms with Crippen LogP contribution < -0.4 is 0 Å². The van der Waals surface area contributed by atoms with E-state index in [4.69, 9.17) is 4.55 Å². The van der Waals surface area contributed by atoms with Gasteiger partial charge < -0.3 is 0 Å². The first-order valence-electron chi connectivity index (χ1n) is 1.59. The molecule has 0 aromatic carbocycles. The van der Waals surface area contributed by atoms with Gasteiger partial charge in [-0.2, -0.15) is 12.8 Å². The molecule has 0 saturated carbocycles. The fraction of sp³-hybridized carbons (Fsp3) is 1.00. The number of hydrogen-bond donors (Lipinski definition) is 1. The van der Waals surface area contributed by atoms with Gasteiger partial charge in [-0.1, -0.05) is 0 Å². The van der Waals surface area contributed by atoms with Crippen molar-refractivity contribution in [1.82, 2.24) is 0 Å². The third-order valence-electron chi connectivity index (χ3n) is 0.412. The molecule has 0 rings (SSSR count). The molecule has 0 radical (unpaired) electrons. The Morgan fingerprint density at radius 2 is 2.00 bits per heavy atom.